The number of hydrogen-bond donors (Lipinski definition) is 3. The molecule has 0 aromatic rings. The molecule has 0 aliphatic heterocycles. The fourth-order valence-electron chi connectivity index (χ4n) is 3.45. The van der Waals surface area contributed by atoms with Crippen molar-refractivity contribution in [3.8, 4) is 0 Å². The molecule has 2 fully saturated rings. The lowest BCUT2D eigenvalue weighted by Crippen LogP contribution is -2.52. The van der Waals surface area contributed by atoms with Gasteiger partial charge in [-0.1, -0.05) is 32.1 Å². The van der Waals surface area contributed by atoms with Gasteiger partial charge in [0.25, 0.3) is 0 Å². The minimum absolute atomic E-state index is 0.0627. The number of carbonyl (C=O) groups is 1. The van der Waals surface area contributed by atoms with Gasteiger partial charge in [-0.3, -0.25) is 0 Å². The average molecular weight is 268 g/mol. The Bertz CT molecular complexity index is 290. The molecule has 3 unspecified atom stereocenters. The first-order valence-electron chi connectivity index (χ1n) is 7.92. The normalized spacial score (nSPS) is 30.6. The van der Waals surface area contributed by atoms with Crippen LogP contribution in [-0.4, -0.2) is 29.3 Å². The summed E-state index contributed by atoms with van der Waals surface area (Å²) in [4.78, 5) is 12.0. The molecule has 4 nitrogen and oxygen atoms in total. The van der Waals surface area contributed by atoms with Gasteiger partial charge in [0.05, 0.1) is 12.1 Å². The highest BCUT2D eigenvalue weighted by Gasteiger charge is 2.26. The van der Waals surface area contributed by atoms with E-state index in [-0.39, 0.29) is 24.2 Å². The molecule has 0 radical (unpaired) electrons. The Morgan fingerprint density at radius 1 is 1.05 bits per heavy atom. The lowest BCUT2D eigenvalue weighted by molar-refractivity contribution is 0.0937. The van der Waals surface area contributed by atoms with Crippen molar-refractivity contribution in [2.75, 3.05) is 0 Å². The predicted octanol–water partition coefficient (Wildman–Crippen LogP) is 2.56. The molecule has 0 saturated heterocycles. The SMILES string of the molecule is CC(NC(=O)NC1CCCCC1O)C1CCCCC1. The third-order valence-corrected chi connectivity index (χ3v) is 4.76. The van der Waals surface area contributed by atoms with Gasteiger partial charge in [0.2, 0.25) is 0 Å². The molecule has 19 heavy (non-hydrogen) atoms. The van der Waals surface area contributed by atoms with Gasteiger partial charge < -0.3 is 15.7 Å². The van der Waals surface area contributed by atoms with Gasteiger partial charge >= 0.3 is 6.03 Å². The lowest BCUT2D eigenvalue weighted by atomic mass is 9.84. The summed E-state index contributed by atoms with van der Waals surface area (Å²) in [6, 6.07) is 0.0670. The van der Waals surface area contributed by atoms with Crippen LogP contribution in [0.4, 0.5) is 4.79 Å². The summed E-state index contributed by atoms with van der Waals surface area (Å²) in [5, 5.41) is 15.9. The van der Waals surface area contributed by atoms with Crippen LogP contribution in [0.1, 0.15) is 64.7 Å². The summed E-state index contributed by atoms with van der Waals surface area (Å²) in [6.07, 6.45) is 9.88. The van der Waals surface area contributed by atoms with Gasteiger partial charge in [-0.25, -0.2) is 4.79 Å². The van der Waals surface area contributed by atoms with Crippen LogP contribution in [-0.2, 0) is 0 Å². The molecular weight excluding hydrogens is 240 g/mol. The summed E-state index contributed by atoms with van der Waals surface area (Å²) in [5.74, 6) is 0.621. The molecule has 2 rings (SSSR count). The molecule has 3 atom stereocenters. The monoisotopic (exact) mass is 268 g/mol. The summed E-state index contributed by atoms with van der Waals surface area (Å²) in [5.41, 5.74) is 0. The second-order valence-corrected chi connectivity index (χ2v) is 6.26. The molecule has 2 aliphatic rings. The Morgan fingerprint density at radius 2 is 1.68 bits per heavy atom. The standard InChI is InChI=1S/C15H28N2O2/c1-11(12-7-3-2-4-8-12)16-15(19)17-13-9-5-6-10-14(13)18/h11-14,18H,2-10H2,1H3,(H2,16,17,19). The maximum Gasteiger partial charge on any atom is 0.315 e. The van der Waals surface area contributed by atoms with Crippen molar-refractivity contribution in [2.45, 2.75) is 82.9 Å². The van der Waals surface area contributed by atoms with Crippen LogP contribution in [0.25, 0.3) is 0 Å². The Labute approximate surface area is 116 Å². The van der Waals surface area contributed by atoms with Gasteiger partial charge in [-0.2, -0.15) is 0 Å². The van der Waals surface area contributed by atoms with Crippen molar-refractivity contribution in [1.82, 2.24) is 10.6 Å². The summed E-state index contributed by atoms with van der Waals surface area (Å²) in [6.45, 7) is 2.10. The van der Waals surface area contributed by atoms with Crippen molar-refractivity contribution in [3.63, 3.8) is 0 Å². The van der Waals surface area contributed by atoms with Crippen LogP contribution in [0.5, 0.6) is 0 Å². The summed E-state index contributed by atoms with van der Waals surface area (Å²) < 4.78 is 0. The quantitative estimate of drug-likeness (QED) is 0.736. The first-order valence-corrected chi connectivity index (χ1v) is 7.92. The maximum atomic E-state index is 12.0. The van der Waals surface area contributed by atoms with Crippen molar-refractivity contribution in [3.05, 3.63) is 0 Å². The number of aliphatic hydroxyl groups excluding tert-OH is 1. The molecule has 2 aliphatic carbocycles. The van der Waals surface area contributed by atoms with Gasteiger partial charge in [-0.15, -0.1) is 0 Å². The van der Waals surface area contributed by atoms with E-state index in [1.54, 1.807) is 0 Å². The van der Waals surface area contributed by atoms with E-state index in [1.807, 2.05) is 0 Å². The van der Waals surface area contributed by atoms with Crippen LogP contribution in [0.2, 0.25) is 0 Å². The van der Waals surface area contributed by atoms with E-state index in [0.29, 0.717) is 5.92 Å². The Kier molecular flexibility index (Phi) is 5.49. The van der Waals surface area contributed by atoms with Gasteiger partial charge in [0.1, 0.15) is 0 Å². The number of amides is 2. The van der Waals surface area contributed by atoms with Gasteiger partial charge in [0.15, 0.2) is 0 Å². The fraction of sp³-hybridized carbons (Fsp3) is 0.933. The molecule has 3 N–H and O–H groups in total. The van der Waals surface area contributed by atoms with Crippen molar-refractivity contribution < 1.29 is 9.90 Å². The van der Waals surface area contributed by atoms with E-state index in [0.717, 1.165) is 25.7 Å². The molecule has 2 amide bonds. The smallest absolute Gasteiger partial charge is 0.315 e. The number of hydrogen-bond acceptors (Lipinski definition) is 2. The minimum atomic E-state index is -0.371. The number of carbonyl (C=O) groups excluding carboxylic acids is 1. The van der Waals surface area contributed by atoms with Crippen molar-refractivity contribution in [2.24, 2.45) is 5.92 Å². The number of nitrogens with one attached hydrogen (secondary N) is 2. The zero-order valence-electron chi connectivity index (χ0n) is 12.0. The van der Waals surface area contributed by atoms with Crippen molar-refractivity contribution >= 4 is 6.03 Å². The average Bonchev–Trinajstić information content (AvgIpc) is 2.42. The van der Waals surface area contributed by atoms with Crippen LogP contribution in [0, 0.1) is 5.92 Å². The minimum Gasteiger partial charge on any atom is -0.391 e. The molecule has 2 saturated carbocycles. The zero-order valence-corrected chi connectivity index (χ0v) is 12.0. The van der Waals surface area contributed by atoms with Gasteiger partial charge in [0, 0.05) is 6.04 Å². The van der Waals surface area contributed by atoms with E-state index in [4.69, 9.17) is 0 Å². The molecule has 0 spiro atoms. The molecule has 0 aromatic carbocycles. The Hall–Kier alpha value is -0.770. The molecule has 0 bridgehead atoms. The maximum absolute atomic E-state index is 12.0. The van der Waals surface area contributed by atoms with E-state index in [9.17, 15) is 9.90 Å². The van der Waals surface area contributed by atoms with Crippen molar-refractivity contribution in [1.29, 1.82) is 0 Å². The van der Waals surface area contributed by atoms with E-state index in [1.165, 1.54) is 32.1 Å². The highest BCUT2D eigenvalue weighted by molar-refractivity contribution is 5.74. The predicted molar refractivity (Wildman–Crippen MR) is 76.0 cm³/mol. The zero-order chi connectivity index (χ0) is 13.7. The van der Waals surface area contributed by atoms with Crippen LogP contribution >= 0.6 is 0 Å². The topological polar surface area (TPSA) is 61.4 Å². The number of rotatable bonds is 3. The summed E-state index contributed by atoms with van der Waals surface area (Å²) >= 11 is 0. The van der Waals surface area contributed by atoms with Crippen LogP contribution in [0.3, 0.4) is 0 Å². The largest absolute Gasteiger partial charge is 0.391 e. The molecule has 4 heteroatoms. The second-order valence-electron chi connectivity index (χ2n) is 6.26. The Morgan fingerprint density at radius 3 is 2.37 bits per heavy atom. The van der Waals surface area contributed by atoms with E-state index in [2.05, 4.69) is 17.6 Å². The molecular formula is C15H28N2O2. The summed E-state index contributed by atoms with van der Waals surface area (Å²) in [7, 11) is 0. The van der Waals surface area contributed by atoms with Crippen LogP contribution < -0.4 is 10.6 Å². The first-order chi connectivity index (χ1) is 9.16. The van der Waals surface area contributed by atoms with E-state index >= 15 is 0 Å². The lowest BCUT2D eigenvalue weighted by Gasteiger charge is -2.31. The van der Waals surface area contributed by atoms with Crippen LogP contribution in [0.15, 0.2) is 0 Å². The Balaban J connectivity index is 1.73. The highest BCUT2D eigenvalue weighted by atomic mass is 16.3. The number of aliphatic hydroxyl groups is 1. The number of urea groups is 1. The fourth-order valence-corrected chi connectivity index (χ4v) is 3.45. The van der Waals surface area contributed by atoms with E-state index < -0.39 is 0 Å². The molecule has 0 heterocycles. The third-order valence-electron chi connectivity index (χ3n) is 4.76. The molecule has 110 valence electrons. The molecule has 0 aromatic heterocycles. The first kappa shape index (κ1) is 14.6. The third kappa shape index (κ3) is 4.37. The highest BCUT2D eigenvalue weighted by Crippen LogP contribution is 2.26. The van der Waals surface area contributed by atoms with Gasteiger partial charge in [-0.05, 0) is 38.5 Å². The second kappa shape index (κ2) is 7.13.